The normalized spacial score (nSPS) is 40.6. The van der Waals surface area contributed by atoms with E-state index in [0.29, 0.717) is 11.7 Å². The molecule has 2 aliphatic rings. The van der Waals surface area contributed by atoms with Gasteiger partial charge in [0.05, 0.1) is 0 Å². The summed E-state index contributed by atoms with van der Waals surface area (Å²) in [6.07, 6.45) is 5.61. The van der Waals surface area contributed by atoms with Crippen LogP contribution in [0, 0.1) is 17.3 Å². The van der Waals surface area contributed by atoms with Crippen LogP contribution in [0.1, 0.15) is 46.0 Å². The third-order valence-electron chi connectivity index (χ3n) is 4.02. The summed E-state index contributed by atoms with van der Waals surface area (Å²) in [6, 6.07) is 0. The molecule has 0 radical (unpaired) electrons. The molecule has 0 aliphatic heterocycles. The Hall–Kier alpha value is -0.590. The molecule has 2 rings (SSSR count). The Bertz CT molecular complexity index is 279. The molecule has 2 aliphatic carbocycles. The Balaban J connectivity index is 1.99. The van der Waals surface area contributed by atoms with E-state index in [1.807, 2.05) is 0 Å². The second kappa shape index (κ2) is 3.22. The van der Waals surface area contributed by atoms with Gasteiger partial charge in [0.15, 0.2) is 0 Å². The molecule has 0 N–H and O–H groups in total. The first-order valence-electron chi connectivity index (χ1n) is 5.72. The lowest BCUT2D eigenvalue weighted by Crippen LogP contribution is -2.33. The van der Waals surface area contributed by atoms with E-state index in [4.69, 9.17) is 0 Å². The first-order valence-corrected chi connectivity index (χ1v) is 5.72. The fourth-order valence-corrected chi connectivity index (χ4v) is 2.70. The lowest BCUT2D eigenvalue weighted by atomic mass is 9.71. The molecule has 0 heterocycles. The van der Waals surface area contributed by atoms with Gasteiger partial charge in [-0.15, -0.1) is 6.58 Å². The molecule has 1 heteroatoms. The Labute approximate surface area is 86.6 Å². The van der Waals surface area contributed by atoms with E-state index in [2.05, 4.69) is 20.4 Å². The minimum Gasteiger partial charge on any atom is -0.299 e. The van der Waals surface area contributed by atoms with Crippen LogP contribution in [0.15, 0.2) is 12.2 Å². The van der Waals surface area contributed by atoms with Gasteiger partial charge in [0, 0.05) is 11.3 Å². The molecule has 0 aromatic carbocycles. The number of rotatable bonds is 3. The van der Waals surface area contributed by atoms with Crippen LogP contribution < -0.4 is 0 Å². The topological polar surface area (TPSA) is 17.1 Å². The molecule has 3 atom stereocenters. The number of hydrogen-bond donors (Lipinski definition) is 0. The van der Waals surface area contributed by atoms with Crippen molar-refractivity contribution >= 4 is 5.78 Å². The molecule has 0 saturated heterocycles. The zero-order valence-corrected chi connectivity index (χ0v) is 9.31. The van der Waals surface area contributed by atoms with Crippen molar-refractivity contribution in [1.82, 2.24) is 0 Å². The molecular weight excluding hydrogens is 172 g/mol. The monoisotopic (exact) mass is 192 g/mol. The summed E-state index contributed by atoms with van der Waals surface area (Å²) in [7, 11) is 0. The van der Waals surface area contributed by atoms with Crippen LogP contribution in [-0.4, -0.2) is 5.78 Å². The van der Waals surface area contributed by atoms with E-state index < -0.39 is 0 Å². The van der Waals surface area contributed by atoms with Gasteiger partial charge >= 0.3 is 0 Å². The van der Waals surface area contributed by atoms with Crippen molar-refractivity contribution in [2.24, 2.45) is 17.3 Å². The predicted octanol–water partition coefficient (Wildman–Crippen LogP) is 3.35. The van der Waals surface area contributed by atoms with E-state index in [0.717, 1.165) is 25.2 Å². The third kappa shape index (κ3) is 1.65. The molecule has 0 unspecified atom stereocenters. The van der Waals surface area contributed by atoms with Gasteiger partial charge in [-0.2, -0.15) is 0 Å². The Morgan fingerprint density at radius 3 is 3.00 bits per heavy atom. The van der Waals surface area contributed by atoms with Crippen molar-refractivity contribution in [1.29, 1.82) is 0 Å². The Morgan fingerprint density at radius 2 is 2.36 bits per heavy atom. The highest BCUT2D eigenvalue weighted by Crippen LogP contribution is 2.54. The summed E-state index contributed by atoms with van der Waals surface area (Å²) in [6.45, 7) is 8.13. The van der Waals surface area contributed by atoms with Gasteiger partial charge in [0.25, 0.3) is 0 Å². The second-order valence-corrected chi connectivity index (χ2v) is 5.52. The number of ketones is 1. The summed E-state index contributed by atoms with van der Waals surface area (Å²) in [5.74, 6) is 1.76. The van der Waals surface area contributed by atoms with Gasteiger partial charge in [-0.25, -0.2) is 0 Å². The van der Waals surface area contributed by atoms with Crippen LogP contribution in [0.2, 0.25) is 0 Å². The minimum atomic E-state index is -0.0172. The first-order chi connectivity index (χ1) is 6.53. The van der Waals surface area contributed by atoms with Crippen molar-refractivity contribution in [2.45, 2.75) is 46.0 Å². The van der Waals surface area contributed by atoms with Crippen LogP contribution in [0.5, 0.6) is 0 Å². The molecule has 0 aromatic heterocycles. The summed E-state index contributed by atoms with van der Waals surface area (Å²) in [5, 5.41) is 0. The largest absolute Gasteiger partial charge is 0.299 e. The molecular formula is C13H20O. The Morgan fingerprint density at radius 1 is 1.64 bits per heavy atom. The van der Waals surface area contributed by atoms with Gasteiger partial charge in [-0.3, -0.25) is 4.79 Å². The van der Waals surface area contributed by atoms with E-state index in [9.17, 15) is 4.79 Å². The highest BCUT2D eigenvalue weighted by atomic mass is 16.1. The van der Waals surface area contributed by atoms with Crippen LogP contribution in [0.25, 0.3) is 0 Å². The maximum absolute atomic E-state index is 12.1. The van der Waals surface area contributed by atoms with Gasteiger partial charge in [0.2, 0.25) is 0 Å². The number of allylic oxidation sites excluding steroid dienone is 1. The second-order valence-electron chi connectivity index (χ2n) is 5.52. The van der Waals surface area contributed by atoms with E-state index in [-0.39, 0.29) is 5.41 Å². The molecule has 0 bridgehead atoms. The maximum atomic E-state index is 12.1. The standard InChI is InChI=1S/C13H20O/c1-9(2)4-6-13(3)7-5-10-8-11(10)12(13)14/h10-11H,1,4-8H2,2-3H3/t10-,11+,13+/m1/s1. The van der Waals surface area contributed by atoms with Gasteiger partial charge in [0.1, 0.15) is 5.78 Å². The smallest absolute Gasteiger partial charge is 0.142 e. The number of carbonyl (C=O) groups is 1. The summed E-state index contributed by atoms with van der Waals surface area (Å²) < 4.78 is 0. The molecule has 2 saturated carbocycles. The molecule has 14 heavy (non-hydrogen) atoms. The zero-order valence-electron chi connectivity index (χ0n) is 9.31. The number of carbonyl (C=O) groups excluding carboxylic acids is 1. The first kappa shape index (κ1) is 9.95. The van der Waals surface area contributed by atoms with E-state index in [1.165, 1.54) is 18.4 Å². The number of fused-ring (bicyclic) bond motifs is 1. The highest BCUT2D eigenvalue weighted by molar-refractivity contribution is 5.90. The lowest BCUT2D eigenvalue weighted by Gasteiger charge is -2.31. The van der Waals surface area contributed by atoms with Crippen molar-refractivity contribution in [3.05, 3.63) is 12.2 Å². The average molecular weight is 192 g/mol. The summed E-state index contributed by atoms with van der Waals surface area (Å²) >= 11 is 0. The van der Waals surface area contributed by atoms with E-state index in [1.54, 1.807) is 0 Å². The molecule has 0 spiro atoms. The van der Waals surface area contributed by atoms with E-state index >= 15 is 0 Å². The quantitative estimate of drug-likeness (QED) is 0.627. The van der Waals surface area contributed by atoms with Crippen LogP contribution in [-0.2, 0) is 4.79 Å². The van der Waals surface area contributed by atoms with Crippen molar-refractivity contribution < 1.29 is 4.79 Å². The van der Waals surface area contributed by atoms with Crippen LogP contribution >= 0.6 is 0 Å². The predicted molar refractivity (Wildman–Crippen MR) is 58.0 cm³/mol. The minimum absolute atomic E-state index is 0.0172. The maximum Gasteiger partial charge on any atom is 0.142 e. The van der Waals surface area contributed by atoms with Crippen molar-refractivity contribution in [3.8, 4) is 0 Å². The van der Waals surface area contributed by atoms with Crippen LogP contribution in [0.4, 0.5) is 0 Å². The highest BCUT2D eigenvalue weighted by Gasteiger charge is 2.53. The van der Waals surface area contributed by atoms with Crippen molar-refractivity contribution in [2.75, 3.05) is 0 Å². The number of Topliss-reactive ketones (excluding diaryl/α,β-unsaturated/α-hetero) is 1. The summed E-state index contributed by atoms with van der Waals surface area (Å²) in [5.41, 5.74) is 1.19. The lowest BCUT2D eigenvalue weighted by molar-refractivity contribution is -0.132. The van der Waals surface area contributed by atoms with Gasteiger partial charge in [-0.05, 0) is 44.9 Å². The zero-order chi connectivity index (χ0) is 10.3. The number of hydrogen-bond acceptors (Lipinski definition) is 1. The molecule has 2 fully saturated rings. The molecule has 0 aromatic rings. The van der Waals surface area contributed by atoms with Crippen molar-refractivity contribution in [3.63, 3.8) is 0 Å². The average Bonchev–Trinajstić information content (AvgIpc) is 2.89. The van der Waals surface area contributed by atoms with Gasteiger partial charge in [-0.1, -0.05) is 12.5 Å². The van der Waals surface area contributed by atoms with Gasteiger partial charge < -0.3 is 0 Å². The fraction of sp³-hybridized carbons (Fsp3) is 0.769. The SMILES string of the molecule is C=C(C)CC[C@@]1(C)CC[C@@H]2C[C@@H]2C1=O. The van der Waals surface area contributed by atoms with Crippen LogP contribution in [0.3, 0.4) is 0 Å². The Kier molecular flexibility index (Phi) is 2.29. The molecule has 1 nitrogen and oxygen atoms in total. The summed E-state index contributed by atoms with van der Waals surface area (Å²) in [4.78, 5) is 12.1. The molecule has 78 valence electrons. The third-order valence-corrected chi connectivity index (χ3v) is 4.02. The fourth-order valence-electron chi connectivity index (χ4n) is 2.70. The molecule has 0 amide bonds.